The Bertz CT molecular complexity index is 1130. The Labute approximate surface area is 224 Å². The van der Waals surface area contributed by atoms with Crippen LogP contribution in [0.5, 0.6) is 0 Å². The van der Waals surface area contributed by atoms with Gasteiger partial charge in [0.1, 0.15) is 0 Å². The maximum absolute atomic E-state index is 9.46. The predicted molar refractivity (Wildman–Crippen MR) is 156 cm³/mol. The molecule has 0 aromatic heterocycles. The van der Waals surface area contributed by atoms with Crippen LogP contribution in [0.25, 0.3) is 0 Å². The molecule has 0 bridgehead atoms. The van der Waals surface area contributed by atoms with E-state index in [1.54, 1.807) is 0 Å². The second-order valence-electron chi connectivity index (χ2n) is 11.5. The maximum atomic E-state index is 9.46. The molecule has 1 aliphatic rings. The number of rotatable bonds is 7. The molecule has 3 aromatic carbocycles. The highest BCUT2D eigenvalue weighted by Gasteiger charge is 2.46. The summed E-state index contributed by atoms with van der Waals surface area (Å²) in [4.78, 5) is 2.60. The lowest BCUT2D eigenvalue weighted by atomic mass is 9.74. The van der Waals surface area contributed by atoms with E-state index < -0.39 is 13.9 Å². The fraction of sp³-hybridized carbons (Fsp3) is 0.364. The molecule has 1 heterocycles. The SMILES string of the molecule is CC(C)(C)[Si](C)(C)OC1CCN(C(c2ccccc2)(c2ccccc2)c2ccccc2)C/C1=C/CC#N. The zero-order valence-corrected chi connectivity index (χ0v) is 23.9. The van der Waals surface area contributed by atoms with E-state index in [4.69, 9.17) is 4.43 Å². The zero-order valence-electron chi connectivity index (χ0n) is 22.9. The van der Waals surface area contributed by atoms with Gasteiger partial charge in [0, 0.05) is 13.1 Å². The Hall–Kier alpha value is -2.97. The molecule has 37 heavy (non-hydrogen) atoms. The van der Waals surface area contributed by atoms with Crippen LogP contribution in [0.3, 0.4) is 0 Å². The molecule has 0 spiro atoms. The van der Waals surface area contributed by atoms with E-state index in [1.165, 1.54) is 22.3 Å². The Morgan fingerprint density at radius 2 is 1.32 bits per heavy atom. The van der Waals surface area contributed by atoms with Crippen molar-refractivity contribution in [3.8, 4) is 6.07 Å². The monoisotopic (exact) mass is 508 g/mol. The van der Waals surface area contributed by atoms with Gasteiger partial charge in [0.2, 0.25) is 0 Å². The molecule has 1 fully saturated rings. The molecule has 0 amide bonds. The third kappa shape index (κ3) is 5.50. The number of allylic oxidation sites excluding steroid dienone is 1. The molecule has 1 saturated heterocycles. The number of piperidine rings is 1. The van der Waals surface area contributed by atoms with E-state index in [-0.39, 0.29) is 11.1 Å². The molecule has 1 atom stereocenters. The van der Waals surface area contributed by atoms with Gasteiger partial charge in [-0.15, -0.1) is 0 Å². The van der Waals surface area contributed by atoms with Crippen LogP contribution in [0.1, 0.15) is 50.3 Å². The molecule has 192 valence electrons. The number of hydrogen-bond donors (Lipinski definition) is 0. The average Bonchev–Trinajstić information content (AvgIpc) is 2.90. The molecular weight excluding hydrogens is 468 g/mol. The standard InChI is InChI=1S/C33H40N2OSi/c1-32(2,3)37(4,5)36-31-23-25-35(26-27(31)16-15-24-34)33(28-17-9-6-10-18-28,29-19-11-7-12-20-29)30-21-13-8-14-22-30/h6-14,16-22,31H,15,23,25-26H2,1-5H3/b27-16-. The topological polar surface area (TPSA) is 36.3 Å². The minimum Gasteiger partial charge on any atom is -0.410 e. The smallest absolute Gasteiger partial charge is 0.192 e. The molecular formula is C33H40N2OSi. The lowest BCUT2D eigenvalue weighted by Crippen LogP contribution is -2.55. The third-order valence-electron chi connectivity index (χ3n) is 8.20. The van der Waals surface area contributed by atoms with Gasteiger partial charge in [-0.3, -0.25) is 4.90 Å². The van der Waals surface area contributed by atoms with Crippen LogP contribution in [-0.2, 0) is 9.96 Å². The summed E-state index contributed by atoms with van der Waals surface area (Å²) in [7, 11) is -1.98. The van der Waals surface area contributed by atoms with E-state index in [0.29, 0.717) is 6.42 Å². The molecule has 1 aliphatic heterocycles. The summed E-state index contributed by atoms with van der Waals surface area (Å²) in [6.07, 6.45) is 3.47. The molecule has 0 radical (unpaired) electrons. The minimum atomic E-state index is -1.98. The fourth-order valence-corrected chi connectivity index (χ4v) is 6.61. The predicted octanol–water partition coefficient (Wildman–Crippen LogP) is 7.91. The quantitative estimate of drug-likeness (QED) is 0.185. The first kappa shape index (κ1) is 27.1. The van der Waals surface area contributed by atoms with Crippen molar-refractivity contribution >= 4 is 8.32 Å². The number of likely N-dealkylation sites (tertiary alicyclic amines) is 1. The molecule has 3 nitrogen and oxygen atoms in total. The fourth-order valence-electron chi connectivity index (χ4n) is 5.27. The molecule has 0 aliphatic carbocycles. The van der Waals surface area contributed by atoms with Crippen molar-refractivity contribution in [3.05, 3.63) is 119 Å². The molecule has 4 rings (SSSR count). The highest BCUT2D eigenvalue weighted by molar-refractivity contribution is 6.74. The first-order valence-corrected chi connectivity index (χ1v) is 16.3. The van der Waals surface area contributed by atoms with Crippen molar-refractivity contribution in [2.45, 2.75) is 63.4 Å². The summed E-state index contributed by atoms with van der Waals surface area (Å²) in [5.74, 6) is 0. The minimum absolute atomic E-state index is 0.0468. The summed E-state index contributed by atoms with van der Waals surface area (Å²) in [6, 6.07) is 34.9. The van der Waals surface area contributed by atoms with Crippen LogP contribution in [0.2, 0.25) is 18.1 Å². The molecule has 1 unspecified atom stereocenters. The van der Waals surface area contributed by atoms with Gasteiger partial charge in [0.25, 0.3) is 0 Å². The molecule has 4 heteroatoms. The van der Waals surface area contributed by atoms with Gasteiger partial charge in [-0.1, -0.05) is 118 Å². The van der Waals surface area contributed by atoms with Gasteiger partial charge in [0.05, 0.1) is 24.1 Å². The summed E-state index contributed by atoms with van der Waals surface area (Å²) in [5.41, 5.74) is 4.50. The average molecular weight is 509 g/mol. The largest absolute Gasteiger partial charge is 0.410 e. The van der Waals surface area contributed by atoms with Crippen molar-refractivity contribution in [2.24, 2.45) is 0 Å². The third-order valence-corrected chi connectivity index (χ3v) is 12.7. The summed E-state index contributed by atoms with van der Waals surface area (Å²) < 4.78 is 6.97. The van der Waals surface area contributed by atoms with Crippen molar-refractivity contribution in [1.82, 2.24) is 4.90 Å². The van der Waals surface area contributed by atoms with Crippen molar-refractivity contribution < 1.29 is 4.43 Å². The first-order chi connectivity index (χ1) is 17.7. The number of nitriles is 1. The van der Waals surface area contributed by atoms with Gasteiger partial charge in [-0.2, -0.15) is 5.26 Å². The summed E-state index contributed by atoms with van der Waals surface area (Å²) in [5, 5.41) is 9.60. The second-order valence-corrected chi connectivity index (χ2v) is 16.3. The molecule has 0 N–H and O–H groups in total. The van der Waals surface area contributed by atoms with Crippen LogP contribution >= 0.6 is 0 Å². The van der Waals surface area contributed by atoms with Gasteiger partial charge < -0.3 is 4.43 Å². The second kappa shape index (κ2) is 11.2. The Morgan fingerprint density at radius 3 is 1.73 bits per heavy atom. The van der Waals surface area contributed by atoms with Gasteiger partial charge in [-0.05, 0) is 46.8 Å². The van der Waals surface area contributed by atoms with Crippen molar-refractivity contribution in [1.29, 1.82) is 5.26 Å². The Morgan fingerprint density at radius 1 is 0.865 bits per heavy atom. The van der Waals surface area contributed by atoms with E-state index in [1.807, 2.05) is 0 Å². The van der Waals surface area contributed by atoms with Crippen molar-refractivity contribution in [2.75, 3.05) is 13.1 Å². The van der Waals surface area contributed by atoms with Crippen LogP contribution in [0.4, 0.5) is 0 Å². The van der Waals surface area contributed by atoms with E-state index >= 15 is 0 Å². The lowest BCUT2D eigenvalue weighted by molar-refractivity contribution is 0.0902. The van der Waals surface area contributed by atoms with Crippen LogP contribution in [0.15, 0.2) is 103 Å². The molecule has 3 aromatic rings. The number of nitrogens with zero attached hydrogens (tertiary/aromatic N) is 2. The van der Waals surface area contributed by atoms with Crippen LogP contribution < -0.4 is 0 Å². The highest BCUT2D eigenvalue weighted by atomic mass is 28.4. The Balaban J connectivity index is 1.85. The van der Waals surface area contributed by atoms with Gasteiger partial charge >= 0.3 is 0 Å². The van der Waals surface area contributed by atoms with E-state index in [0.717, 1.165) is 19.5 Å². The van der Waals surface area contributed by atoms with Gasteiger partial charge in [-0.25, -0.2) is 0 Å². The zero-order chi connectivity index (χ0) is 26.5. The van der Waals surface area contributed by atoms with Crippen LogP contribution in [-0.4, -0.2) is 32.4 Å². The maximum Gasteiger partial charge on any atom is 0.192 e. The normalized spacial score (nSPS) is 18.5. The van der Waals surface area contributed by atoms with E-state index in [2.05, 4.69) is 142 Å². The first-order valence-electron chi connectivity index (χ1n) is 13.4. The van der Waals surface area contributed by atoms with E-state index in [9.17, 15) is 5.26 Å². The number of benzene rings is 3. The van der Waals surface area contributed by atoms with Crippen LogP contribution in [0, 0.1) is 11.3 Å². The summed E-state index contributed by atoms with van der Waals surface area (Å²) >= 11 is 0. The Kier molecular flexibility index (Phi) is 8.19. The highest BCUT2D eigenvalue weighted by Crippen LogP contribution is 2.45. The van der Waals surface area contributed by atoms with Crippen molar-refractivity contribution in [3.63, 3.8) is 0 Å². The molecule has 0 saturated carbocycles. The summed E-state index contributed by atoms with van der Waals surface area (Å²) in [6.45, 7) is 13.2. The number of hydrogen-bond acceptors (Lipinski definition) is 3. The lowest BCUT2D eigenvalue weighted by Gasteiger charge is -2.50. The van der Waals surface area contributed by atoms with Gasteiger partial charge in [0.15, 0.2) is 8.32 Å².